The van der Waals surface area contributed by atoms with Crippen LogP contribution in [0, 0.1) is 0 Å². The maximum atomic E-state index is 6.86. The van der Waals surface area contributed by atoms with E-state index in [1.54, 1.807) is 0 Å². The Kier molecular flexibility index (Phi) is 7.03. The molecule has 0 bridgehead atoms. The Balaban J connectivity index is 1.13. The van der Waals surface area contributed by atoms with Crippen molar-refractivity contribution in [2.75, 3.05) is 0 Å². The highest BCUT2D eigenvalue weighted by Gasteiger charge is 2.23. The number of furan rings is 1. The number of para-hydroxylation sites is 2. The number of rotatable bonds is 5. The molecule has 0 aliphatic heterocycles. The maximum absolute atomic E-state index is 6.86. The van der Waals surface area contributed by atoms with Gasteiger partial charge in [-0.05, 0) is 59.7 Å². The summed E-state index contributed by atoms with van der Waals surface area (Å²) in [5, 5.41) is 7.07. The highest BCUT2D eigenvalue weighted by Crippen LogP contribution is 2.46. The summed E-state index contributed by atoms with van der Waals surface area (Å²) < 4.78 is 11.9. The number of hydrogen-bond donors (Lipinski definition) is 0. The van der Waals surface area contributed by atoms with E-state index in [4.69, 9.17) is 19.4 Å². The van der Waals surface area contributed by atoms with E-state index in [-0.39, 0.29) is 0 Å². The van der Waals surface area contributed by atoms with Crippen molar-refractivity contribution >= 4 is 75.3 Å². The average molecular weight is 747 g/mol. The zero-order valence-electron chi connectivity index (χ0n) is 30.4. The molecule has 0 radical (unpaired) electrons. The summed E-state index contributed by atoms with van der Waals surface area (Å²) in [7, 11) is 0. The standard InChI is InChI=1S/C51H30N4OS/c1-4-15-31(16-5-1)49-52-50(32-17-6-2-7-18-32)54-51(53-49)38-25-12-24-37-47-36(23-14-27-43(47)56-48(37)38)35-22-13-26-41-46(35)40-29-39-34-21-10-11-28-44(34)57-45(39)30-42(40)55(41)33-19-8-3-9-20-33/h1-30H. The number of thiophene rings is 1. The first-order valence-corrected chi connectivity index (χ1v) is 19.8. The third-order valence-corrected chi connectivity index (χ3v) is 12.2. The van der Waals surface area contributed by atoms with E-state index in [0.717, 1.165) is 61.0 Å². The van der Waals surface area contributed by atoms with Crippen molar-refractivity contribution < 1.29 is 4.42 Å². The van der Waals surface area contributed by atoms with Crippen molar-refractivity contribution in [1.29, 1.82) is 0 Å². The number of benzene rings is 8. The Labute approximate surface area is 330 Å². The van der Waals surface area contributed by atoms with Crippen LogP contribution in [0.2, 0.25) is 0 Å². The molecule has 0 unspecified atom stereocenters. The first-order chi connectivity index (χ1) is 28.3. The average Bonchev–Trinajstić information content (AvgIpc) is 3.95. The lowest BCUT2D eigenvalue weighted by atomic mass is 9.94. The van der Waals surface area contributed by atoms with Gasteiger partial charge in [-0.25, -0.2) is 15.0 Å². The summed E-state index contributed by atoms with van der Waals surface area (Å²) in [6, 6.07) is 63.7. The molecule has 12 aromatic rings. The van der Waals surface area contributed by atoms with Gasteiger partial charge >= 0.3 is 0 Å². The van der Waals surface area contributed by atoms with E-state index in [2.05, 4.69) is 120 Å². The van der Waals surface area contributed by atoms with Crippen LogP contribution in [0.25, 0.3) is 115 Å². The summed E-state index contributed by atoms with van der Waals surface area (Å²) in [6.45, 7) is 0. The molecule has 0 saturated heterocycles. The molecule has 8 aromatic carbocycles. The van der Waals surface area contributed by atoms with Crippen LogP contribution in [-0.4, -0.2) is 19.5 Å². The monoisotopic (exact) mass is 746 g/mol. The van der Waals surface area contributed by atoms with E-state index in [1.165, 1.54) is 36.5 Å². The Hall–Kier alpha value is -7.41. The number of nitrogens with zero attached hydrogens (tertiary/aromatic N) is 4. The minimum atomic E-state index is 0.564. The van der Waals surface area contributed by atoms with Crippen LogP contribution in [-0.2, 0) is 0 Å². The molecule has 4 aromatic heterocycles. The second kappa shape index (κ2) is 12.6. The van der Waals surface area contributed by atoms with Gasteiger partial charge in [0.25, 0.3) is 0 Å². The molecule has 266 valence electrons. The van der Waals surface area contributed by atoms with Crippen molar-refractivity contribution in [2.45, 2.75) is 0 Å². The molecular formula is C51H30N4OS. The van der Waals surface area contributed by atoms with E-state index in [9.17, 15) is 0 Å². The predicted molar refractivity (Wildman–Crippen MR) is 236 cm³/mol. The second-order valence-electron chi connectivity index (χ2n) is 14.3. The highest BCUT2D eigenvalue weighted by atomic mass is 32.1. The van der Waals surface area contributed by atoms with Crippen LogP contribution in [0.15, 0.2) is 186 Å². The smallest absolute Gasteiger partial charge is 0.167 e. The van der Waals surface area contributed by atoms with Gasteiger partial charge in [-0.3, -0.25) is 0 Å². The fraction of sp³-hybridized carbons (Fsp3) is 0. The van der Waals surface area contributed by atoms with Gasteiger partial charge in [0.1, 0.15) is 11.2 Å². The maximum Gasteiger partial charge on any atom is 0.167 e. The van der Waals surface area contributed by atoms with E-state index >= 15 is 0 Å². The minimum absolute atomic E-state index is 0.564. The van der Waals surface area contributed by atoms with Crippen LogP contribution < -0.4 is 0 Å². The lowest BCUT2D eigenvalue weighted by Gasteiger charge is -2.09. The molecule has 5 nitrogen and oxygen atoms in total. The molecule has 4 heterocycles. The van der Waals surface area contributed by atoms with Crippen molar-refractivity contribution in [1.82, 2.24) is 19.5 Å². The second-order valence-corrected chi connectivity index (χ2v) is 15.4. The fourth-order valence-electron chi connectivity index (χ4n) is 8.54. The van der Waals surface area contributed by atoms with Crippen molar-refractivity contribution in [3.63, 3.8) is 0 Å². The molecule has 0 aliphatic carbocycles. The van der Waals surface area contributed by atoms with Crippen molar-refractivity contribution in [2.24, 2.45) is 0 Å². The van der Waals surface area contributed by atoms with Crippen LogP contribution >= 0.6 is 11.3 Å². The quantitative estimate of drug-likeness (QED) is 0.176. The summed E-state index contributed by atoms with van der Waals surface area (Å²) in [6.07, 6.45) is 0. The summed E-state index contributed by atoms with van der Waals surface area (Å²) >= 11 is 1.85. The van der Waals surface area contributed by atoms with Crippen molar-refractivity contribution in [3.8, 4) is 51.0 Å². The van der Waals surface area contributed by atoms with Crippen molar-refractivity contribution in [3.05, 3.63) is 182 Å². The van der Waals surface area contributed by atoms with Gasteiger partial charge in [-0.1, -0.05) is 133 Å². The molecular weight excluding hydrogens is 717 g/mol. The SMILES string of the molecule is c1ccc(-c2nc(-c3ccccc3)nc(-c3cccc4c3oc3cccc(-c5cccc6c5c5cc7c(cc5n6-c5ccccc5)sc5ccccc57)c34)n2)cc1. The van der Waals surface area contributed by atoms with Gasteiger partial charge in [0, 0.05) is 58.5 Å². The first kappa shape index (κ1) is 31.9. The lowest BCUT2D eigenvalue weighted by molar-refractivity contribution is 0.669. The van der Waals surface area contributed by atoms with Gasteiger partial charge < -0.3 is 8.98 Å². The zero-order chi connectivity index (χ0) is 37.5. The van der Waals surface area contributed by atoms with Gasteiger partial charge in [0.15, 0.2) is 17.5 Å². The number of hydrogen-bond acceptors (Lipinski definition) is 5. The van der Waals surface area contributed by atoms with Crippen LogP contribution in [0.4, 0.5) is 0 Å². The predicted octanol–water partition coefficient (Wildman–Crippen LogP) is 13.9. The first-order valence-electron chi connectivity index (χ1n) is 19.0. The van der Waals surface area contributed by atoms with E-state index in [0.29, 0.717) is 17.5 Å². The van der Waals surface area contributed by atoms with Gasteiger partial charge in [0.05, 0.1) is 16.6 Å². The molecule has 6 heteroatoms. The van der Waals surface area contributed by atoms with Gasteiger partial charge in [-0.15, -0.1) is 11.3 Å². The largest absolute Gasteiger partial charge is 0.455 e. The molecule has 57 heavy (non-hydrogen) atoms. The summed E-state index contributed by atoms with van der Waals surface area (Å²) in [5.41, 5.74) is 9.97. The van der Waals surface area contributed by atoms with Gasteiger partial charge in [0.2, 0.25) is 0 Å². The van der Waals surface area contributed by atoms with Crippen LogP contribution in [0.1, 0.15) is 0 Å². The molecule has 0 atom stereocenters. The molecule has 0 saturated carbocycles. The molecule has 0 spiro atoms. The number of aromatic nitrogens is 4. The van der Waals surface area contributed by atoms with E-state index < -0.39 is 0 Å². The van der Waals surface area contributed by atoms with Gasteiger partial charge in [-0.2, -0.15) is 0 Å². The summed E-state index contributed by atoms with van der Waals surface area (Å²) in [4.78, 5) is 15.1. The molecule has 0 N–H and O–H groups in total. The third kappa shape index (κ3) is 4.98. The Morgan fingerprint density at radius 3 is 1.75 bits per heavy atom. The normalized spacial score (nSPS) is 11.9. The molecule has 0 fully saturated rings. The Bertz CT molecular complexity index is 3460. The Morgan fingerprint density at radius 1 is 0.404 bits per heavy atom. The van der Waals surface area contributed by atoms with E-state index in [1.807, 2.05) is 78.1 Å². The summed E-state index contributed by atoms with van der Waals surface area (Å²) in [5.74, 6) is 1.79. The van der Waals surface area contributed by atoms with Crippen LogP contribution in [0.5, 0.6) is 0 Å². The fourth-order valence-corrected chi connectivity index (χ4v) is 9.66. The molecule has 0 amide bonds. The Morgan fingerprint density at radius 2 is 1.00 bits per heavy atom. The van der Waals surface area contributed by atoms with Crippen LogP contribution in [0.3, 0.4) is 0 Å². The zero-order valence-corrected chi connectivity index (χ0v) is 31.2. The lowest BCUT2D eigenvalue weighted by Crippen LogP contribution is -2.00. The highest BCUT2D eigenvalue weighted by molar-refractivity contribution is 7.25. The third-order valence-electron chi connectivity index (χ3n) is 11.1. The minimum Gasteiger partial charge on any atom is -0.455 e. The number of fused-ring (bicyclic) bond motifs is 9. The topological polar surface area (TPSA) is 56.7 Å². The molecule has 0 aliphatic rings. The molecule has 12 rings (SSSR count).